The van der Waals surface area contributed by atoms with Gasteiger partial charge in [-0.15, -0.1) is 0 Å². The van der Waals surface area contributed by atoms with Crippen LogP contribution in [0, 0.1) is 0 Å². The Labute approximate surface area is 113 Å². The van der Waals surface area contributed by atoms with E-state index in [1.54, 1.807) is 12.4 Å². The molecule has 0 amide bonds. The molecule has 5 heteroatoms. The number of aromatic amines is 1. The molecule has 0 spiro atoms. The van der Waals surface area contributed by atoms with Crippen LogP contribution in [-0.4, -0.2) is 15.0 Å². The Morgan fingerprint density at radius 1 is 1.16 bits per heavy atom. The van der Waals surface area contributed by atoms with Gasteiger partial charge in [0, 0.05) is 18.1 Å². The first kappa shape index (κ1) is 11.9. The second kappa shape index (κ2) is 5.24. The number of para-hydroxylation sites is 2. The second-order valence-corrected chi connectivity index (χ2v) is 5.00. The van der Waals surface area contributed by atoms with Crippen molar-refractivity contribution in [2.75, 3.05) is 0 Å². The molecular weight excluding hydrogens is 258 g/mol. The molecule has 2 aromatic heterocycles. The van der Waals surface area contributed by atoms with Crippen LogP contribution in [0.1, 0.15) is 5.56 Å². The number of fused-ring (bicyclic) bond motifs is 1. The van der Waals surface area contributed by atoms with Gasteiger partial charge in [-0.1, -0.05) is 30.0 Å². The summed E-state index contributed by atoms with van der Waals surface area (Å²) in [5, 5.41) is 0.488. The fourth-order valence-electron chi connectivity index (χ4n) is 1.75. The maximum Gasteiger partial charge on any atom is 0.280 e. The van der Waals surface area contributed by atoms with Crippen molar-refractivity contribution in [2.24, 2.45) is 0 Å². The van der Waals surface area contributed by atoms with Gasteiger partial charge in [-0.2, -0.15) is 0 Å². The number of rotatable bonds is 3. The molecule has 1 aromatic carbocycles. The van der Waals surface area contributed by atoms with Crippen LogP contribution in [0.4, 0.5) is 0 Å². The van der Waals surface area contributed by atoms with E-state index in [0.29, 0.717) is 10.8 Å². The molecule has 0 atom stereocenters. The molecule has 19 heavy (non-hydrogen) atoms. The molecule has 3 rings (SSSR count). The highest BCUT2D eigenvalue weighted by atomic mass is 32.2. The minimum Gasteiger partial charge on any atom is -0.318 e. The van der Waals surface area contributed by atoms with Crippen LogP contribution in [0.3, 0.4) is 0 Å². The molecule has 0 aliphatic rings. The SMILES string of the molecule is O=c1[nH]c2ccccc2nc1SCc1cccnc1. The van der Waals surface area contributed by atoms with Crippen molar-refractivity contribution in [3.8, 4) is 0 Å². The standard InChI is InChI=1S/C14H11N3OS/c18-13-14(19-9-10-4-3-7-15-8-10)17-12-6-2-1-5-11(12)16-13/h1-8H,9H2,(H,16,18). The lowest BCUT2D eigenvalue weighted by Crippen LogP contribution is -2.10. The van der Waals surface area contributed by atoms with E-state index in [1.807, 2.05) is 36.4 Å². The molecule has 0 fully saturated rings. The Balaban J connectivity index is 1.89. The van der Waals surface area contributed by atoms with E-state index in [2.05, 4.69) is 15.0 Å². The molecule has 0 saturated heterocycles. The Morgan fingerprint density at radius 3 is 2.89 bits per heavy atom. The Bertz CT molecular complexity index is 755. The maximum atomic E-state index is 11.9. The quantitative estimate of drug-likeness (QED) is 0.742. The highest BCUT2D eigenvalue weighted by Gasteiger charge is 2.05. The van der Waals surface area contributed by atoms with Crippen molar-refractivity contribution in [3.05, 3.63) is 64.7 Å². The molecule has 0 bridgehead atoms. The van der Waals surface area contributed by atoms with Gasteiger partial charge in [0.25, 0.3) is 5.56 Å². The second-order valence-electron chi connectivity index (χ2n) is 4.04. The average molecular weight is 269 g/mol. The van der Waals surface area contributed by atoms with E-state index in [4.69, 9.17) is 0 Å². The summed E-state index contributed by atoms with van der Waals surface area (Å²) in [5.41, 5.74) is 2.49. The summed E-state index contributed by atoms with van der Waals surface area (Å²) in [5.74, 6) is 0.683. The molecule has 0 saturated carbocycles. The predicted molar refractivity (Wildman–Crippen MR) is 76.2 cm³/mol. The molecule has 0 aliphatic carbocycles. The highest BCUT2D eigenvalue weighted by Crippen LogP contribution is 2.18. The number of hydrogen-bond donors (Lipinski definition) is 1. The number of thioether (sulfide) groups is 1. The third kappa shape index (κ3) is 2.66. The normalized spacial score (nSPS) is 10.7. The van der Waals surface area contributed by atoms with Crippen molar-refractivity contribution >= 4 is 22.8 Å². The van der Waals surface area contributed by atoms with Crippen LogP contribution in [0.25, 0.3) is 11.0 Å². The fraction of sp³-hybridized carbons (Fsp3) is 0.0714. The maximum absolute atomic E-state index is 11.9. The molecule has 0 unspecified atom stereocenters. The topological polar surface area (TPSA) is 58.6 Å². The molecule has 94 valence electrons. The van der Waals surface area contributed by atoms with Crippen LogP contribution in [-0.2, 0) is 5.75 Å². The summed E-state index contributed by atoms with van der Waals surface area (Å²) in [6.45, 7) is 0. The van der Waals surface area contributed by atoms with Gasteiger partial charge in [-0.25, -0.2) is 4.98 Å². The highest BCUT2D eigenvalue weighted by molar-refractivity contribution is 7.98. The van der Waals surface area contributed by atoms with Gasteiger partial charge < -0.3 is 4.98 Å². The zero-order chi connectivity index (χ0) is 13.1. The van der Waals surface area contributed by atoms with Gasteiger partial charge in [0.1, 0.15) is 0 Å². The van der Waals surface area contributed by atoms with Gasteiger partial charge in [0.15, 0.2) is 5.03 Å². The minimum atomic E-state index is -0.146. The average Bonchev–Trinajstić information content (AvgIpc) is 2.46. The van der Waals surface area contributed by atoms with E-state index >= 15 is 0 Å². The van der Waals surface area contributed by atoms with Gasteiger partial charge >= 0.3 is 0 Å². The number of aromatic nitrogens is 3. The summed E-state index contributed by atoms with van der Waals surface area (Å²) >= 11 is 1.42. The molecule has 0 radical (unpaired) electrons. The van der Waals surface area contributed by atoms with Crippen molar-refractivity contribution < 1.29 is 0 Å². The third-order valence-corrected chi connectivity index (χ3v) is 3.69. The number of H-pyrrole nitrogens is 1. The summed E-state index contributed by atoms with van der Waals surface area (Å²) in [7, 11) is 0. The Hall–Kier alpha value is -2.14. The van der Waals surface area contributed by atoms with Gasteiger partial charge in [-0.3, -0.25) is 9.78 Å². The molecule has 3 aromatic rings. The monoisotopic (exact) mass is 269 g/mol. The van der Waals surface area contributed by atoms with Crippen molar-refractivity contribution in [1.82, 2.24) is 15.0 Å². The third-order valence-electron chi connectivity index (χ3n) is 2.67. The van der Waals surface area contributed by atoms with Crippen molar-refractivity contribution in [1.29, 1.82) is 0 Å². The van der Waals surface area contributed by atoms with E-state index in [-0.39, 0.29) is 5.56 Å². The fourth-order valence-corrected chi connectivity index (χ4v) is 2.56. The number of hydrogen-bond acceptors (Lipinski definition) is 4. The molecule has 1 N–H and O–H groups in total. The predicted octanol–water partition coefficient (Wildman–Crippen LogP) is 2.61. The van der Waals surface area contributed by atoms with Crippen molar-refractivity contribution in [3.63, 3.8) is 0 Å². The molecule has 2 heterocycles. The van der Waals surface area contributed by atoms with Crippen LogP contribution < -0.4 is 5.56 Å². The first-order chi connectivity index (χ1) is 9.33. The Morgan fingerprint density at radius 2 is 2.05 bits per heavy atom. The number of benzene rings is 1. The molecule has 0 aliphatic heterocycles. The van der Waals surface area contributed by atoms with Crippen LogP contribution in [0.2, 0.25) is 0 Å². The van der Waals surface area contributed by atoms with E-state index in [9.17, 15) is 4.79 Å². The van der Waals surface area contributed by atoms with E-state index < -0.39 is 0 Å². The van der Waals surface area contributed by atoms with Gasteiger partial charge in [0.2, 0.25) is 0 Å². The molecule has 4 nitrogen and oxygen atoms in total. The lowest BCUT2D eigenvalue weighted by molar-refractivity contribution is 1.05. The number of nitrogens with one attached hydrogen (secondary N) is 1. The molecular formula is C14H11N3OS. The zero-order valence-electron chi connectivity index (χ0n) is 10.0. The smallest absolute Gasteiger partial charge is 0.280 e. The summed E-state index contributed by atoms with van der Waals surface area (Å²) in [4.78, 5) is 23.2. The van der Waals surface area contributed by atoms with E-state index in [0.717, 1.165) is 16.6 Å². The van der Waals surface area contributed by atoms with Gasteiger partial charge in [0.05, 0.1) is 11.0 Å². The minimum absolute atomic E-state index is 0.146. The van der Waals surface area contributed by atoms with Crippen molar-refractivity contribution in [2.45, 2.75) is 10.8 Å². The first-order valence-corrected chi connectivity index (χ1v) is 6.82. The van der Waals surface area contributed by atoms with Crippen LogP contribution in [0.5, 0.6) is 0 Å². The Kier molecular flexibility index (Phi) is 3.29. The lowest BCUT2D eigenvalue weighted by atomic mass is 10.3. The van der Waals surface area contributed by atoms with Crippen LogP contribution in [0.15, 0.2) is 58.6 Å². The first-order valence-electron chi connectivity index (χ1n) is 5.84. The number of pyridine rings is 1. The van der Waals surface area contributed by atoms with E-state index in [1.165, 1.54) is 11.8 Å². The summed E-state index contributed by atoms with van der Waals surface area (Å²) in [6, 6.07) is 11.4. The van der Waals surface area contributed by atoms with Gasteiger partial charge in [-0.05, 0) is 23.8 Å². The van der Waals surface area contributed by atoms with Crippen LogP contribution >= 0.6 is 11.8 Å². The lowest BCUT2D eigenvalue weighted by Gasteiger charge is -2.02. The largest absolute Gasteiger partial charge is 0.318 e. The zero-order valence-corrected chi connectivity index (χ0v) is 10.9. The number of nitrogens with zero attached hydrogens (tertiary/aromatic N) is 2. The summed E-state index contributed by atoms with van der Waals surface area (Å²) in [6.07, 6.45) is 3.53. The summed E-state index contributed by atoms with van der Waals surface area (Å²) < 4.78 is 0.